The van der Waals surface area contributed by atoms with Crippen molar-refractivity contribution in [1.82, 2.24) is 14.9 Å². The number of nitrogens with zero attached hydrogens (tertiary/aromatic N) is 3. The number of ether oxygens (including phenoxy) is 1. The van der Waals surface area contributed by atoms with Gasteiger partial charge in [-0.25, -0.2) is 4.98 Å². The van der Waals surface area contributed by atoms with Gasteiger partial charge in [0.25, 0.3) is 5.91 Å². The molecular weight excluding hydrogens is 304 g/mol. The number of amides is 1. The van der Waals surface area contributed by atoms with Crippen LogP contribution in [0.25, 0.3) is 0 Å². The predicted octanol–water partition coefficient (Wildman–Crippen LogP) is 2.59. The molecule has 0 saturated carbocycles. The Hall–Kier alpha value is -2.63. The number of aromatic nitrogens is 2. The van der Waals surface area contributed by atoms with Gasteiger partial charge in [-0.15, -0.1) is 0 Å². The van der Waals surface area contributed by atoms with Crippen LogP contribution in [0.15, 0.2) is 42.9 Å². The van der Waals surface area contributed by atoms with E-state index in [1.807, 2.05) is 36.1 Å². The van der Waals surface area contributed by atoms with Crippen LogP contribution in [0.2, 0.25) is 0 Å². The summed E-state index contributed by atoms with van der Waals surface area (Å²) < 4.78 is 5.91. The average molecular weight is 326 g/mol. The van der Waals surface area contributed by atoms with E-state index in [4.69, 9.17) is 4.74 Å². The van der Waals surface area contributed by atoms with Gasteiger partial charge in [0.1, 0.15) is 17.7 Å². The van der Waals surface area contributed by atoms with Crippen molar-refractivity contribution >= 4 is 11.7 Å². The maximum Gasteiger partial charge on any atom is 0.255 e. The second-order valence-corrected chi connectivity index (χ2v) is 5.76. The summed E-state index contributed by atoms with van der Waals surface area (Å²) in [7, 11) is 0. The molecule has 1 aliphatic rings. The van der Waals surface area contributed by atoms with Crippen molar-refractivity contribution in [3.8, 4) is 5.75 Å². The van der Waals surface area contributed by atoms with Crippen LogP contribution in [0.4, 0.5) is 5.82 Å². The van der Waals surface area contributed by atoms with Crippen LogP contribution < -0.4 is 10.1 Å². The van der Waals surface area contributed by atoms with E-state index >= 15 is 0 Å². The van der Waals surface area contributed by atoms with E-state index in [1.165, 1.54) is 0 Å². The summed E-state index contributed by atoms with van der Waals surface area (Å²) in [5.74, 6) is 1.61. The number of pyridine rings is 2. The first kappa shape index (κ1) is 16.2. The highest BCUT2D eigenvalue weighted by atomic mass is 16.5. The zero-order valence-electron chi connectivity index (χ0n) is 13.8. The highest BCUT2D eigenvalue weighted by Gasteiger charge is 2.24. The van der Waals surface area contributed by atoms with E-state index in [1.54, 1.807) is 18.6 Å². The molecule has 0 atom stereocenters. The molecule has 0 radical (unpaired) electrons. The molecule has 24 heavy (non-hydrogen) atoms. The van der Waals surface area contributed by atoms with E-state index in [0.717, 1.165) is 31.0 Å². The molecule has 3 rings (SSSR count). The lowest BCUT2D eigenvalue weighted by Gasteiger charge is -2.32. The zero-order valence-corrected chi connectivity index (χ0v) is 13.8. The molecule has 126 valence electrons. The Labute approximate surface area is 141 Å². The smallest absolute Gasteiger partial charge is 0.255 e. The van der Waals surface area contributed by atoms with Crippen LogP contribution in [0.3, 0.4) is 0 Å². The number of anilines is 1. The van der Waals surface area contributed by atoms with Crippen LogP contribution in [0, 0.1) is 0 Å². The standard InChI is InChI=1S/C18H22N4O2/c1-2-20-17-6-5-14(12-21-17)18(23)22-10-7-15(8-11-22)24-16-4-3-9-19-13-16/h3-6,9,12-13,15H,2,7-8,10-11H2,1H3,(H,20,21). The highest BCUT2D eigenvalue weighted by Crippen LogP contribution is 2.19. The third-order valence-electron chi connectivity index (χ3n) is 4.03. The Kier molecular flexibility index (Phi) is 5.25. The van der Waals surface area contributed by atoms with E-state index in [9.17, 15) is 4.79 Å². The van der Waals surface area contributed by atoms with Crippen molar-refractivity contribution in [3.63, 3.8) is 0 Å². The number of likely N-dealkylation sites (tertiary alicyclic amines) is 1. The third-order valence-corrected chi connectivity index (χ3v) is 4.03. The first-order valence-corrected chi connectivity index (χ1v) is 8.32. The van der Waals surface area contributed by atoms with Crippen molar-refractivity contribution in [2.24, 2.45) is 0 Å². The third kappa shape index (κ3) is 4.01. The summed E-state index contributed by atoms with van der Waals surface area (Å²) in [6, 6.07) is 7.43. The quantitative estimate of drug-likeness (QED) is 0.915. The van der Waals surface area contributed by atoms with Gasteiger partial charge in [-0.3, -0.25) is 9.78 Å². The summed E-state index contributed by atoms with van der Waals surface area (Å²) in [6.07, 6.45) is 6.86. The molecule has 1 saturated heterocycles. The monoisotopic (exact) mass is 326 g/mol. The fraction of sp³-hybridized carbons (Fsp3) is 0.389. The van der Waals surface area contributed by atoms with Crippen molar-refractivity contribution in [3.05, 3.63) is 48.4 Å². The molecule has 1 aliphatic heterocycles. The second-order valence-electron chi connectivity index (χ2n) is 5.76. The number of rotatable bonds is 5. The number of hydrogen-bond acceptors (Lipinski definition) is 5. The Morgan fingerprint density at radius 2 is 2.12 bits per heavy atom. The van der Waals surface area contributed by atoms with Crippen LogP contribution in [0.5, 0.6) is 5.75 Å². The lowest BCUT2D eigenvalue weighted by atomic mass is 10.1. The zero-order chi connectivity index (χ0) is 16.8. The normalized spacial score (nSPS) is 15.1. The molecule has 2 aromatic heterocycles. The van der Waals surface area contributed by atoms with Gasteiger partial charge in [-0.1, -0.05) is 0 Å². The van der Waals surface area contributed by atoms with Gasteiger partial charge < -0.3 is 15.0 Å². The molecule has 1 amide bonds. The van der Waals surface area contributed by atoms with Gasteiger partial charge in [0.2, 0.25) is 0 Å². The molecule has 0 aromatic carbocycles. The summed E-state index contributed by atoms with van der Waals surface area (Å²) in [5.41, 5.74) is 0.628. The van der Waals surface area contributed by atoms with Crippen LogP contribution >= 0.6 is 0 Å². The van der Waals surface area contributed by atoms with Gasteiger partial charge >= 0.3 is 0 Å². The molecular formula is C18H22N4O2. The largest absolute Gasteiger partial charge is 0.489 e. The fourth-order valence-electron chi connectivity index (χ4n) is 2.77. The minimum atomic E-state index is 0.0328. The van der Waals surface area contributed by atoms with Crippen molar-refractivity contribution in [2.45, 2.75) is 25.9 Å². The van der Waals surface area contributed by atoms with Gasteiger partial charge in [0.05, 0.1) is 11.8 Å². The van der Waals surface area contributed by atoms with E-state index in [-0.39, 0.29) is 12.0 Å². The minimum Gasteiger partial charge on any atom is -0.489 e. The predicted molar refractivity (Wildman–Crippen MR) is 92.2 cm³/mol. The Morgan fingerprint density at radius 3 is 2.75 bits per heavy atom. The second kappa shape index (κ2) is 7.77. The molecule has 2 aromatic rings. The van der Waals surface area contributed by atoms with E-state index in [0.29, 0.717) is 18.7 Å². The number of carbonyl (C=O) groups excluding carboxylic acids is 1. The fourth-order valence-corrected chi connectivity index (χ4v) is 2.77. The Bertz CT molecular complexity index is 652. The number of carbonyl (C=O) groups is 1. The van der Waals surface area contributed by atoms with Crippen LogP contribution in [0.1, 0.15) is 30.1 Å². The molecule has 3 heterocycles. The summed E-state index contributed by atoms with van der Waals surface area (Å²) in [5, 5.41) is 3.12. The van der Waals surface area contributed by atoms with Crippen LogP contribution in [-0.4, -0.2) is 46.5 Å². The number of piperidine rings is 1. The molecule has 1 N–H and O–H groups in total. The van der Waals surface area contributed by atoms with Gasteiger partial charge in [0, 0.05) is 44.9 Å². The van der Waals surface area contributed by atoms with Crippen molar-refractivity contribution in [1.29, 1.82) is 0 Å². The van der Waals surface area contributed by atoms with Crippen molar-refractivity contribution in [2.75, 3.05) is 25.0 Å². The van der Waals surface area contributed by atoms with E-state index in [2.05, 4.69) is 15.3 Å². The number of hydrogen-bond donors (Lipinski definition) is 1. The highest BCUT2D eigenvalue weighted by molar-refractivity contribution is 5.94. The lowest BCUT2D eigenvalue weighted by Crippen LogP contribution is -2.41. The summed E-state index contributed by atoms with van der Waals surface area (Å²) >= 11 is 0. The van der Waals surface area contributed by atoms with Gasteiger partial charge in [-0.2, -0.15) is 0 Å². The Balaban J connectivity index is 1.53. The summed E-state index contributed by atoms with van der Waals surface area (Å²) in [6.45, 7) is 4.21. The SMILES string of the molecule is CCNc1ccc(C(=O)N2CCC(Oc3cccnc3)CC2)cn1. The topological polar surface area (TPSA) is 67.4 Å². The lowest BCUT2D eigenvalue weighted by molar-refractivity contribution is 0.0594. The van der Waals surface area contributed by atoms with Crippen LogP contribution in [-0.2, 0) is 0 Å². The molecule has 1 fully saturated rings. The molecule has 0 unspecified atom stereocenters. The molecule has 0 spiro atoms. The maximum absolute atomic E-state index is 12.5. The summed E-state index contributed by atoms with van der Waals surface area (Å²) in [4.78, 5) is 22.7. The minimum absolute atomic E-state index is 0.0328. The molecule has 6 heteroatoms. The molecule has 6 nitrogen and oxygen atoms in total. The number of nitrogens with one attached hydrogen (secondary N) is 1. The Morgan fingerprint density at radius 1 is 1.29 bits per heavy atom. The molecule has 0 aliphatic carbocycles. The van der Waals surface area contributed by atoms with Crippen molar-refractivity contribution < 1.29 is 9.53 Å². The van der Waals surface area contributed by atoms with E-state index < -0.39 is 0 Å². The first-order valence-electron chi connectivity index (χ1n) is 8.32. The van der Waals surface area contributed by atoms with Gasteiger partial charge in [-0.05, 0) is 31.2 Å². The average Bonchev–Trinajstić information content (AvgIpc) is 2.64. The maximum atomic E-state index is 12.5. The van der Waals surface area contributed by atoms with Gasteiger partial charge in [0.15, 0.2) is 0 Å². The first-order chi connectivity index (χ1) is 11.8. The molecule has 0 bridgehead atoms.